The van der Waals surface area contributed by atoms with E-state index in [4.69, 9.17) is 0 Å². The van der Waals surface area contributed by atoms with Crippen molar-refractivity contribution in [2.24, 2.45) is 5.92 Å². The molecule has 5 nitrogen and oxygen atoms in total. The van der Waals surface area contributed by atoms with Crippen molar-refractivity contribution >= 4 is 17.3 Å². The molecule has 1 N–H and O–H groups in total. The van der Waals surface area contributed by atoms with E-state index in [2.05, 4.69) is 37.6 Å². The first-order chi connectivity index (χ1) is 22.3. The van der Waals surface area contributed by atoms with Gasteiger partial charge in [0.1, 0.15) is 5.78 Å². The van der Waals surface area contributed by atoms with Crippen molar-refractivity contribution in [2.45, 2.75) is 201 Å². The molecule has 0 saturated heterocycles. The second-order valence-electron chi connectivity index (χ2n) is 14.1. The molecule has 0 aliphatic rings. The van der Waals surface area contributed by atoms with Crippen molar-refractivity contribution in [1.29, 1.82) is 0 Å². The van der Waals surface area contributed by atoms with Crippen LogP contribution in [-0.4, -0.2) is 48.4 Å². The lowest BCUT2D eigenvalue weighted by Gasteiger charge is -2.23. The minimum absolute atomic E-state index is 0.214. The van der Waals surface area contributed by atoms with E-state index in [-0.39, 0.29) is 5.70 Å². The van der Waals surface area contributed by atoms with Gasteiger partial charge in [0.2, 0.25) is 11.6 Å². The fourth-order valence-corrected chi connectivity index (χ4v) is 6.59. The zero-order valence-corrected chi connectivity index (χ0v) is 31.4. The van der Waals surface area contributed by atoms with E-state index in [0.29, 0.717) is 12.3 Å². The summed E-state index contributed by atoms with van der Waals surface area (Å²) in [5.74, 6) is 0.428. The van der Waals surface area contributed by atoms with Crippen molar-refractivity contribution in [3.63, 3.8) is 0 Å². The Labute approximate surface area is 286 Å². The summed E-state index contributed by atoms with van der Waals surface area (Å²) >= 11 is 0. The summed E-state index contributed by atoms with van der Waals surface area (Å²) < 4.78 is 0. The van der Waals surface area contributed by atoms with Crippen molar-refractivity contribution < 1.29 is 14.4 Å². The Morgan fingerprint density at radius 1 is 0.543 bits per heavy atom. The molecule has 0 heterocycles. The number of carbonyl (C=O) groups is 3. The van der Waals surface area contributed by atoms with E-state index in [0.717, 1.165) is 64.1 Å². The summed E-state index contributed by atoms with van der Waals surface area (Å²) in [7, 11) is 0. The van der Waals surface area contributed by atoms with Gasteiger partial charge >= 0.3 is 0 Å². The van der Waals surface area contributed by atoms with Gasteiger partial charge in [0, 0.05) is 26.3 Å². The molecular formula is C41H78N2O3. The normalized spacial score (nSPS) is 12.0. The van der Waals surface area contributed by atoms with Gasteiger partial charge in [-0.15, -0.1) is 0 Å². The second kappa shape index (κ2) is 33.4. The van der Waals surface area contributed by atoms with E-state index in [1.54, 1.807) is 0 Å². The lowest BCUT2D eigenvalue weighted by Crippen LogP contribution is -2.31. The molecule has 0 saturated carbocycles. The fourth-order valence-electron chi connectivity index (χ4n) is 6.59. The van der Waals surface area contributed by atoms with Gasteiger partial charge in [-0.05, 0) is 57.7 Å². The molecule has 0 aromatic heterocycles. The number of hydrogen-bond donors (Lipinski definition) is 1. The maximum atomic E-state index is 12.2. The molecule has 0 rings (SSSR count). The molecule has 5 heteroatoms. The van der Waals surface area contributed by atoms with Crippen LogP contribution in [0.5, 0.6) is 0 Å². The van der Waals surface area contributed by atoms with Crippen molar-refractivity contribution in [3.8, 4) is 0 Å². The Morgan fingerprint density at radius 3 is 1.48 bits per heavy atom. The number of nitrogens with zero attached hydrogens (tertiary/aromatic N) is 1. The van der Waals surface area contributed by atoms with E-state index in [1.165, 1.54) is 142 Å². The summed E-state index contributed by atoms with van der Waals surface area (Å²) in [5, 5.41) is 3.05. The van der Waals surface area contributed by atoms with Gasteiger partial charge in [-0.1, -0.05) is 156 Å². The highest BCUT2D eigenvalue weighted by Crippen LogP contribution is 2.23. The molecule has 0 spiro atoms. The quantitative estimate of drug-likeness (QED) is 0.0413. The summed E-state index contributed by atoms with van der Waals surface area (Å²) in [5.41, 5.74) is 0.214. The number of allylic oxidation sites excluding steroid dienone is 1. The smallest absolute Gasteiger partial charge is 0.243 e. The maximum absolute atomic E-state index is 12.2. The molecule has 0 fully saturated rings. The van der Waals surface area contributed by atoms with Crippen LogP contribution in [0.25, 0.3) is 0 Å². The van der Waals surface area contributed by atoms with Crippen LogP contribution in [0.4, 0.5) is 0 Å². The fraction of sp³-hybridized carbons (Fsp3) is 0.878. The SMILES string of the molecule is C=C(NCCCN(CCCCCCCC(=O)CCCCCCCC)CCCCCCCC(CCC)CCCCCC)C(=O)C(C)=O. The van der Waals surface area contributed by atoms with Crippen LogP contribution < -0.4 is 5.32 Å². The molecule has 0 aromatic carbocycles. The first-order valence-electron chi connectivity index (χ1n) is 20.1. The Bertz CT molecular complexity index is 750. The Morgan fingerprint density at radius 2 is 0.978 bits per heavy atom. The Hall–Kier alpha value is -1.49. The highest BCUT2D eigenvalue weighted by molar-refractivity contribution is 6.42. The molecule has 270 valence electrons. The molecule has 0 bridgehead atoms. The molecule has 0 radical (unpaired) electrons. The number of ketones is 3. The summed E-state index contributed by atoms with van der Waals surface area (Å²) in [6.45, 7) is 15.8. The third-order valence-corrected chi connectivity index (χ3v) is 9.57. The maximum Gasteiger partial charge on any atom is 0.243 e. The van der Waals surface area contributed by atoms with Gasteiger partial charge in [-0.3, -0.25) is 14.4 Å². The zero-order chi connectivity index (χ0) is 34.1. The first-order valence-corrected chi connectivity index (χ1v) is 20.1. The van der Waals surface area contributed by atoms with E-state index in [9.17, 15) is 14.4 Å². The van der Waals surface area contributed by atoms with E-state index in [1.807, 2.05) is 0 Å². The van der Waals surface area contributed by atoms with Crippen LogP contribution in [0, 0.1) is 5.92 Å². The zero-order valence-electron chi connectivity index (χ0n) is 31.4. The van der Waals surface area contributed by atoms with Crippen LogP contribution in [0.2, 0.25) is 0 Å². The van der Waals surface area contributed by atoms with E-state index < -0.39 is 11.6 Å². The first kappa shape index (κ1) is 44.5. The van der Waals surface area contributed by atoms with Crippen LogP contribution in [0.3, 0.4) is 0 Å². The number of carbonyl (C=O) groups excluding carboxylic acids is 3. The van der Waals surface area contributed by atoms with Gasteiger partial charge in [-0.2, -0.15) is 0 Å². The van der Waals surface area contributed by atoms with E-state index >= 15 is 0 Å². The molecule has 0 aliphatic heterocycles. The lowest BCUT2D eigenvalue weighted by molar-refractivity contribution is -0.133. The molecule has 0 aromatic rings. The second-order valence-corrected chi connectivity index (χ2v) is 14.1. The summed E-state index contributed by atoms with van der Waals surface area (Å²) in [4.78, 5) is 37.9. The minimum atomic E-state index is -0.515. The van der Waals surface area contributed by atoms with Gasteiger partial charge < -0.3 is 10.2 Å². The number of unbranched alkanes of at least 4 members (excludes halogenated alkanes) is 16. The minimum Gasteiger partial charge on any atom is -0.382 e. The Kier molecular flexibility index (Phi) is 32.3. The molecule has 46 heavy (non-hydrogen) atoms. The van der Waals surface area contributed by atoms with Crippen molar-refractivity contribution in [2.75, 3.05) is 26.2 Å². The standard InChI is InChI=1S/C41H78N2O3/c1-6-9-11-13-17-23-31-40(45)32-24-18-15-20-26-35-43(36-27-33-42-37(4)41(46)38(5)44)34-25-19-14-16-22-30-39(28-8-3)29-21-12-10-7-2/h39,42H,4,6-36H2,1-3,5H3. The number of Topliss-reactive ketones (excluding diaryl/α,β-unsaturated/α-hetero) is 3. The predicted octanol–water partition coefficient (Wildman–Crippen LogP) is 11.3. The van der Waals surface area contributed by atoms with Gasteiger partial charge in [-0.25, -0.2) is 0 Å². The van der Waals surface area contributed by atoms with Gasteiger partial charge in [0.15, 0.2) is 0 Å². The largest absolute Gasteiger partial charge is 0.382 e. The van der Waals surface area contributed by atoms with Gasteiger partial charge in [0.05, 0.1) is 5.70 Å². The average Bonchev–Trinajstić information content (AvgIpc) is 3.04. The lowest BCUT2D eigenvalue weighted by atomic mass is 9.91. The molecule has 1 atom stereocenters. The summed E-state index contributed by atoms with van der Waals surface area (Å²) in [6, 6.07) is 0. The summed E-state index contributed by atoms with van der Waals surface area (Å²) in [6.07, 6.45) is 33.6. The molecular weight excluding hydrogens is 568 g/mol. The third kappa shape index (κ3) is 28.7. The monoisotopic (exact) mass is 647 g/mol. The predicted molar refractivity (Wildman–Crippen MR) is 199 cm³/mol. The van der Waals surface area contributed by atoms with Crippen LogP contribution in [0.1, 0.15) is 201 Å². The highest BCUT2D eigenvalue weighted by atomic mass is 16.2. The van der Waals surface area contributed by atoms with Gasteiger partial charge in [0.25, 0.3) is 0 Å². The Balaban J connectivity index is 4.28. The van der Waals surface area contributed by atoms with Crippen LogP contribution in [-0.2, 0) is 14.4 Å². The van der Waals surface area contributed by atoms with Crippen molar-refractivity contribution in [3.05, 3.63) is 12.3 Å². The van der Waals surface area contributed by atoms with Crippen LogP contribution >= 0.6 is 0 Å². The number of rotatable bonds is 37. The van der Waals surface area contributed by atoms with Crippen LogP contribution in [0.15, 0.2) is 12.3 Å². The highest BCUT2D eigenvalue weighted by Gasteiger charge is 2.12. The topological polar surface area (TPSA) is 66.5 Å². The molecule has 0 amide bonds. The number of nitrogens with one attached hydrogen (secondary N) is 1. The number of hydrogen-bond acceptors (Lipinski definition) is 5. The molecule has 0 aliphatic carbocycles. The average molecular weight is 647 g/mol. The third-order valence-electron chi connectivity index (χ3n) is 9.57. The van der Waals surface area contributed by atoms with Crippen molar-refractivity contribution in [1.82, 2.24) is 10.2 Å². The molecule has 1 unspecified atom stereocenters.